The molecule has 0 radical (unpaired) electrons. The van der Waals surface area contributed by atoms with Crippen LogP contribution in [0.2, 0.25) is 0 Å². The predicted molar refractivity (Wildman–Crippen MR) is 265 cm³/mol. The molecule has 380 valence electrons. The van der Waals surface area contributed by atoms with E-state index in [2.05, 4.69) is 13.8 Å². The molecule has 0 bridgehead atoms. The Balaban J connectivity index is 3.90. The second kappa shape index (κ2) is 47.8. The van der Waals surface area contributed by atoms with E-state index in [4.69, 9.17) is 18.9 Å². The van der Waals surface area contributed by atoms with Gasteiger partial charge in [-0.2, -0.15) is 0 Å². The van der Waals surface area contributed by atoms with E-state index < -0.39 is 24.3 Å². The Morgan fingerprint density at radius 1 is 0.406 bits per heavy atom. The van der Waals surface area contributed by atoms with Crippen LogP contribution in [0.4, 0.5) is 0 Å². The first-order valence-electron chi connectivity index (χ1n) is 27.7. The average molecular weight is 910 g/mol. The zero-order valence-corrected chi connectivity index (χ0v) is 43.2. The minimum absolute atomic E-state index is 0.153. The normalized spacial score (nSPS) is 12.7. The molecule has 9 heteroatoms. The molecule has 2 unspecified atom stereocenters. The van der Waals surface area contributed by atoms with Crippen molar-refractivity contribution in [1.29, 1.82) is 0 Å². The highest BCUT2D eigenvalue weighted by atomic mass is 16.7. The van der Waals surface area contributed by atoms with Gasteiger partial charge >= 0.3 is 11.9 Å². The fraction of sp³-hybridized carbons (Fsp3) is 0.945. The van der Waals surface area contributed by atoms with Gasteiger partial charge in [-0.15, -0.1) is 0 Å². The molecule has 0 fully saturated rings. The summed E-state index contributed by atoms with van der Waals surface area (Å²) in [7, 11) is 5.92. The molecule has 0 aliphatic rings. The topological polar surface area (TPSA) is 111 Å². The van der Waals surface area contributed by atoms with Gasteiger partial charge in [0, 0.05) is 12.8 Å². The van der Waals surface area contributed by atoms with Crippen molar-refractivity contribution in [1.82, 2.24) is 0 Å². The summed E-state index contributed by atoms with van der Waals surface area (Å²) in [5.41, 5.74) is 0. The quantitative estimate of drug-likeness (QED) is 0.0257. The van der Waals surface area contributed by atoms with E-state index in [0.717, 1.165) is 38.5 Å². The number of carboxylic acid groups (broad SMARTS) is 1. The maximum Gasteiger partial charge on any atom is 0.306 e. The van der Waals surface area contributed by atoms with Gasteiger partial charge in [-0.1, -0.05) is 251 Å². The minimum atomic E-state index is -1.61. The Kier molecular flexibility index (Phi) is 46.5. The second-order valence-corrected chi connectivity index (χ2v) is 20.2. The molecular formula is C55H107NO8. The van der Waals surface area contributed by atoms with Crippen molar-refractivity contribution in [3.8, 4) is 0 Å². The molecule has 0 rings (SSSR count). The standard InChI is InChI=1S/C55H107NO8/c1-6-8-10-12-14-15-16-17-18-19-20-21-22-23-24-25-26-27-28-29-30-31-32-33-34-35-36-37-38-40-42-44-46-53(58)64-51(49-62-52(57)45-43-41-39-13-11-9-7-2)50-63-55(54(59)60)61-48-47-56(3,4)5/h51,55H,6-50H2,1-5H3. The van der Waals surface area contributed by atoms with Crippen LogP contribution in [0.15, 0.2) is 0 Å². The number of quaternary nitrogens is 1. The van der Waals surface area contributed by atoms with E-state index in [1.54, 1.807) is 0 Å². The van der Waals surface area contributed by atoms with Crippen LogP contribution in [0, 0.1) is 0 Å². The summed E-state index contributed by atoms with van der Waals surface area (Å²) in [5, 5.41) is 11.7. The van der Waals surface area contributed by atoms with Crippen LogP contribution in [0.1, 0.15) is 277 Å². The monoisotopic (exact) mass is 910 g/mol. The van der Waals surface area contributed by atoms with Gasteiger partial charge in [-0.25, -0.2) is 0 Å². The molecular weight excluding hydrogens is 803 g/mol. The van der Waals surface area contributed by atoms with Crippen LogP contribution in [0.3, 0.4) is 0 Å². The highest BCUT2D eigenvalue weighted by Gasteiger charge is 2.22. The highest BCUT2D eigenvalue weighted by Crippen LogP contribution is 2.18. The van der Waals surface area contributed by atoms with E-state index in [1.807, 2.05) is 21.1 Å². The number of likely N-dealkylation sites (N-methyl/N-ethyl adjacent to an activating group) is 1. The Morgan fingerprint density at radius 3 is 1.00 bits per heavy atom. The summed E-state index contributed by atoms with van der Waals surface area (Å²) in [5.74, 6) is -2.27. The van der Waals surface area contributed by atoms with E-state index in [1.165, 1.54) is 212 Å². The summed E-state index contributed by atoms with van der Waals surface area (Å²) < 4.78 is 22.5. The SMILES string of the molecule is CCCCCCCCCCCCCCCCCCCCCCCCCCCCCCCCCCC(=O)OC(COC(=O)CCCCCCCCC)COC(OCC[N+](C)(C)C)C(=O)[O-]. The summed E-state index contributed by atoms with van der Waals surface area (Å²) in [6.45, 7) is 4.74. The third-order valence-corrected chi connectivity index (χ3v) is 12.6. The summed E-state index contributed by atoms with van der Waals surface area (Å²) in [6.07, 6.45) is 49.2. The molecule has 0 saturated carbocycles. The number of hydrogen-bond acceptors (Lipinski definition) is 8. The highest BCUT2D eigenvalue weighted by molar-refractivity contribution is 5.70. The summed E-state index contributed by atoms with van der Waals surface area (Å²) in [4.78, 5) is 36.9. The minimum Gasteiger partial charge on any atom is -0.545 e. The van der Waals surface area contributed by atoms with Gasteiger partial charge in [0.25, 0.3) is 0 Å². The van der Waals surface area contributed by atoms with Gasteiger partial charge in [-0.3, -0.25) is 9.59 Å². The van der Waals surface area contributed by atoms with Crippen LogP contribution < -0.4 is 5.11 Å². The van der Waals surface area contributed by atoms with Crippen molar-refractivity contribution >= 4 is 17.9 Å². The summed E-state index contributed by atoms with van der Waals surface area (Å²) in [6, 6.07) is 0. The fourth-order valence-corrected chi connectivity index (χ4v) is 8.30. The van der Waals surface area contributed by atoms with Crippen LogP contribution in [0.5, 0.6) is 0 Å². The Labute approximate surface area is 396 Å². The third-order valence-electron chi connectivity index (χ3n) is 12.6. The number of esters is 2. The first-order chi connectivity index (χ1) is 31.1. The van der Waals surface area contributed by atoms with Gasteiger partial charge in [0.15, 0.2) is 12.4 Å². The lowest BCUT2D eigenvalue weighted by atomic mass is 10.0. The van der Waals surface area contributed by atoms with Crippen molar-refractivity contribution in [2.45, 2.75) is 289 Å². The van der Waals surface area contributed by atoms with E-state index >= 15 is 0 Å². The zero-order valence-electron chi connectivity index (χ0n) is 43.2. The smallest absolute Gasteiger partial charge is 0.306 e. The van der Waals surface area contributed by atoms with Gasteiger partial charge in [0.2, 0.25) is 0 Å². The zero-order chi connectivity index (χ0) is 47.0. The molecule has 0 N–H and O–H groups in total. The van der Waals surface area contributed by atoms with Crippen molar-refractivity contribution in [3.63, 3.8) is 0 Å². The summed E-state index contributed by atoms with van der Waals surface area (Å²) >= 11 is 0. The number of aliphatic carboxylic acids is 1. The predicted octanol–water partition coefficient (Wildman–Crippen LogP) is 14.3. The molecule has 0 saturated heterocycles. The second-order valence-electron chi connectivity index (χ2n) is 20.2. The average Bonchev–Trinajstić information content (AvgIpc) is 3.26. The third kappa shape index (κ3) is 48.2. The molecule has 0 spiro atoms. The van der Waals surface area contributed by atoms with Gasteiger partial charge in [0.05, 0.1) is 40.3 Å². The van der Waals surface area contributed by atoms with Crippen LogP contribution >= 0.6 is 0 Å². The molecule has 0 aromatic heterocycles. The number of carbonyl (C=O) groups excluding carboxylic acids is 3. The molecule has 64 heavy (non-hydrogen) atoms. The van der Waals surface area contributed by atoms with E-state index in [0.29, 0.717) is 17.4 Å². The molecule has 0 heterocycles. The molecule has 0 amide bonds. The maximum absolute atomic E-state index is 12.8. The molecule has 0 aromatic carbocycles. The van der Waals surface area contributed by atoms with Gasteiger partial charge in [0.1, 0.15) is 13.2 Å². The maximum atomic E-state index is 12.8. The largest absolute Gasteiger partial charge is 0.545 e. The molecule has 0 aliphatic heterocycles. The Hall–Kier alpha value is -1.71. The number of carboxylic acids is 1. The first-order valence-corrected chi connectivity index (χ1v) is 27.7. The number of nitrogens with zero attached hydrogens (tertiary/aromatic N) is 1. The number of rotatable bonds is 52. The number of hydrogen-bond donors (Lipinski definition) is 0. The number of unbranched alkanes of at least 4 members (excludes halogenated alkanes) is 37. The number of carbonyl (C=O) groups is 3. The molecule has 0 aliphatic carbocycles. The molecule has 0 aromatic rings. The van der Waals surface area contributed by atoms with Crippen molar-refractivity contribution in [2.24, 2.45) is 0 Å². The van der Waals surface area contributed by atoms with Gasteiger partial charge < -0.3 is 33.3 Å². The van der Waals surface area contributed by atoms with Crippen molar-refractivity contribution < 1.29 is 42.9 Å². The van der Waals surface area contributed by atoms with E-state index in [9.17, 15) is 19.5 Å². The lowest BCUT2D eigenvalue weighted by Crippen LogP contribution is -2.44. The Bertz CT molecular complexity index is 1020. The Morgan fingerprint density at radius 2 is 0.703 bits per heavy atom. The fourth-order valence-electron chi connectivity index (χ4n) is 8.30. The van der Waals surface area contributed by atoms with Crippen LogP contribution in [0.25, 0.3) is 0 Å². The number of ether oxygens (including phenoxy) is 4. The van der Waals surface area contributed by atoms with Crippen molar-refractivity contribution in [2.75, 3.05) is 47.5 Å². The van der Waals surface area contributed by atoms with Crippen LogP contribution in [-0.4, -0.2) is 82.3 Å². The van der Waals surface area contributed by atoms with Gasteiger partial charge in [-0.05, 0) is 12.8 Å². The van der Waals surface area contributed by atoms with Crippen LogP contribution in [-0.2, 0) is 33.3 Å². The molecule has 9 nitrogen and oxygen atoms in total. The van der Waals surface area contributed by atoms with E-state index in [-0.39, 0.29) is 32.2 Å². The molecule has 2 atom stereocenters. The lowest BCUT2D eigenvalue weighted by Gasteiger charge is -2.26. The first kappa shape index (κ1) is 62.3. The lowest BCUT2D eigenvalue weighted by molar-refractivity contribution is -0.870. The van der Waals surface area contributed by atoms with Crippen molar-refractivity contribution in [3.05, 3.63) is 0 Å².